The number of rotatable bonds is 7. The van der Waals surface area contributed by atoms with Crippen molar-refractivity contribution in [1.29, 1.82) is 0 Å². The van der Waals surface area contributed by atoms with Crippen LogP contribution >= 0.6 is 0 Å². The normalized spacial score (nSPS) is 9.58. The molecule has 0 aliphatic rings. The van der Waals surface area contributed by atoms with Crippen molar-refractivity contribution in [3.8, 4) is 5.75 Å². The summed E-state index contributed by atoms with van der Waals surface area (Å²) in [7, 11) is 0. The van der Waals surface area contributed by atoms with Gasteiger partial charge < -0.3 is 10.8 Å². The predicted molar refractivity (Wildman–Crippen MR) is 80.3 cm³/mol. The van der Waals surface area contributed by atoms with E-state index in [0.29, 0.717) is 0 Å². The smallest absolute Gasteiger partial charge is 0.252 e. The molecule has 0 spiro atoms. The Hall–Kier alpha value is -1.51. The Morgan fingerprint density at radius 3 is 1.84 bits per heavy atom. The Labute approximate surface area is 116 Å². The van der Waals surface area contributed by atoms with E-state index >= 15 is 0 Å². The lowest BCUT2D eigenvalue weighted by atomic mass is 10.1. The summed E-state index contributed by atoms with van der Waals surface area (Å²) >= 11 is 0. The van der Waals surface area contributed by atoms with Crippen molar-refractivity contribution in [3.05, 3.63) is 29.8 Å². The number of para-hydroxylation sites is 1. The lowest BCUT2D eigenvalue weighted by molar-refractivity contribution is 0.0998. The average Bonchev–Trinajstić information content (AvgIpc) is 2.40. The molecule has 0 bridgehead atoms. The molecule has 3 N–H and O–H groups in total. The van der Waals surface area contributed by atoms with E-state index < -0.39 is 5.91 Å². The summed E-state index contributed by atoms with van der Waals surface area (Å²) in [4.78, 5) is 10.5. The first-order valence-corrected chi connectivity index (χ1v) is 7.21. The Bertz CT molecular complexity index is 344. The molecule has 0 radical (unpaired) electrons. The van der Waals surface area contributed by atoms with E-state index in [4.69, 9.17) is 10.8 Å². The Balaban J connectivity index is 0.000000344. The number of hydrogen-bond donors (Lipinski definition) is 2. The van der Waals surface area contributed by atoms with Gasteiger partial charge >= 0.3 is 0 Å². The van der Waals surface area contributed by atoms with Gasteiger partial charge in [0.25, 0.3) is 5.91 Å². The first-order chi connectivity index (χ1) is 9.13. The van der Waals surface area contributed by atoms with Crippen LogP contribution in [-0.2, 0) is 0 Å². The molecule has 0 fully saturated rings. The van der Waals surface area contributed by atoms with Crippen molar-refractivity contribution in [2.75, 3.05) is 0 Å². The first kappa shape index (κ1) is 17.5. The molecule has 3 nitrogen and oxygen atoms in total. The summed E-state index contributed by atoms with van der Waals surface area (Å²) in [6.07, 6.45) is 9.97. The van der Waals surface area contributed by atoms with Gasteiger partial charge in [0.1, 0.15) is 5.75 Å². The number of hydrogen-bond acceptors (Lipinski definition) is 2. The minimum absolute atomic E-state index is 0.0741. The molecule has 0 aliphatic heterocycles. The number of benzene rings is 1. The molecule has 0 unspecified atom stereocenters. The summed E-state index contributed by atoms with van der Waals surface area (Å²) in [5.41, 5.74) is 5.07. The van der Waals surface area contributed by atoms with Crippen molar-refractivity contribution in [1.82, 2.24) is 0 Å². The lowest BCUT2D eigenvalue weighted by Crippen LogP contribution is -2.10. The van der Waals surface area contributed by atoms with E-state index in [9.17, 15) is 4.79 Å². The van der Waals surface area contributed by atoms with Gasteiger partial charge in [0.2, 0.25) is 0 Å². The van der Waals surface area contributed by atoms with Gasteiger partial charge in [-0.1, -0.05) is 70.9 Å². The molecule has 0 aliphatic carbocycles. The second-order valence-electron chi connectivity index (χ2n) is 4.65. The Morgan fingerprint density at radius 2 is 1.47 bits per heavy atom. The third-order valence-corrected chi connectivity index (χ3v) is 2.88. The number of carbonyl (C=O) groups excluding carboxylic acids is 1. The Morgan fingerprint density at radius 1 is 1.00 bits per heavy atom. The Kier molecular flexibility index (Phi) is 10.7. The molecule has 0 heterocycles. The van der Waals surface area contributed by atoms with Crippen LogP contribution in [0.15, 0.2) is 24.3 Å². The summed E-state index contributed by atoms with van der Waals surface area (Å²) in [5.74, 6) is -0.687. The molecule has 0 saturated carbocycles. The van der Waals surface area contributed by atoms with Crippen LogP contribution in [0.1, 0.15) is 69.2 Å². The number of primary amides is 1. The fourth-order valence-corrected chi connectivity index (χ4v) is 1.71. The molecule has 3 heteroatoms. The molecular formula is C16H27NO2. The highest BCUT2D eigenvalue weighted by molar-refractivity contribution is 5.95. The topological polar surface area (TPSA) is 63.3 Å². The van der Waals surface area contributed by atoms with E-state index in [0.717, 1.165) is 0 Å². The molecule has 1 aromatic carbocycles. The van der Waals surface area contributed by atoms with Crippen molar-refractivity contribution in [2.45, 2.75) is 58.8 Å². The maximum atomic E-state index is 10.5. The number of phenols is 1. The van der Waals surface area contributed by atoms with Crippen LogP contribution in [0.2, 0.25) is 0 Å². The summed E-state index contributed by atoms with van der Waals surface area (Å²) in [5, 5.41) is 8.98. The molecule has 1 amide bonds. The SMILES string of the molecule is CCCCCCCCC.NC(=O)c1ccccc1O. The van der Waals surface area contributed by atoms with Crippen LogP contribution in [0, 0.1) is 0 Å². The molecule has 1 aromatic rings. The van der Waals surface area contributed by atoms with Crippen LogP contribution < -0.4 is 5.73 Å². The maximum Gasteiger partial charge on any atom is 0.252 e. The second-order valence-corrected chi connectivity index (χ2v) is 4.65. The zero-order chi connectivity index (χ0) is 14.5. The van der Waals surface area contributed by atoms with Gasteiger partial charge in [-0.3, -0.25) is 4.79 Å². The molecule has 1 rings (SSSR count). The monoisotopic (exact) mass is 265 g/mol. The van der Waals surface area contributed by atoms with Crippen molar-refractivity contribution in [2.24, 2.45) is 5.73 Å². The lowest BCUT2D eigenvalue weighted by Gasteiger charge is -1.96. The quantitative estimate of drug-likeness (QED) is 0.724. The first-order valence-electron chi connectivity index (χ1n) is 7.21. The van der Waals surface area contributed by atoms with Gasteiger partial charge in [-0.15, -0.1) is 0 Å². The number of carbonyl (C=O) groups is 1. The van der Waals surface area contributed by atoms with Crippen LogP contribution in [0.3, 0.4) is 0 Å². The van der Waals surface area contributed by atoms with Gasteiger partial charge in [0, 0.05) is 0 Å². The minimum Gasteiger partial charge on any atom is -0.507 e. The van der Waals surface area contributed by atoms with Gasteiger partial charge in [0.15, 0.2) is 0 Å². The fraction of sp³-hybridized carbons (Fsp3) is 0.562. The van der Waals surface area contributed by atoms with E-state index in [-0.39, 0.29) is 11.3 Å². The third kappa shape index (κ3) is 9.11. The molecule has 0 atom stereocenters. The average molecular weight is 265 g/mol. The number of amides is 1. The highest BCUT2D eigenvalue weighted by atomic mass is 16.3. The van der Waals surface area contributed by atoms with Crippen LogP contribution in [0.5, 0.6) is 5.75 Å². The van der Waals surface area contributed by atoms with Crippen LogP contribution in [-0.4, -0.2) is 11.0 Å². The van der Waals surface area contributed by atoms with Gasteiger partial charge in [0.05, 0.1) is 5.56 Å². The molecule has 0 aromatic heterocycles. The maximum absolute atomic E-state index is 10.5. The molecular weight excluding hydrogens is 238 g/mol. The largest absolute Gasteiger partial charge is 0.507 e. The van der Waals surface area contributed by atoms with Gasteiger partial charge in [-0.25, -0.2) is 0 Å². The summed E-state index contributed by atoms with van der Waals surface area (Å²) in [6.45, 7) is 4.53. The van der Waals surface area contributed by atoms with Crippen LogP contribution in [0.25, 0.3) is 0 Å². The van der Waals surface area contributed by atoms with E-state index in [2.05, 4.69) is 13.8 Å². The summed E-state index contributed by atoms with van der Waals surface area (Å²) in [6, 6.07) is 6.15. The standard InChI is InChI=1S/C9H20.C7H7NO2/c1-3-5-7-9-8-6-4-2;8-7(10)5-3-1-2-4-6(5)9/h3-9H2,1-2H3;1-4,9H,(H2,8,10). The van der Waals surface area contributed by atoms with E-state index in [1.54, 1.807) is 12.1 Å². The highest BCUT2D eigenvalue weighted by Crippen LogP contribution is 2.13. The molecule has 108 valence electrons. The van der Waals surface area contributed by atoms with Crippen molar-refractivity contribution < 1.29 is 9.90 Å². The van der Waals surface area contributed by atoms with Crippen LogP contribution in [0.4, 0.5) is 0 Å². The van der Waals surface area contributed by atoms with E-state index in [1.165, 1.54) is 57.1 Å². The number of aromatic hydroxyl groups is 1. The van der Waals surface area contributed by atoms with Crippen molar-refractivity contribution in [3.63, 3.8) is 0 Å². The second kappa shape index (κ2) is 11.6. The molecule has 19 heavy (non-hydrogen) atoms. The number of unbranched alkanes of at least 4 members (excludes halogenated alkanes) is 6. The zero-order valence-electron chi connectivity index (χ0n) is 12.2. The predicted octanol–water partition coefficient (Wildman–Crippen LogP) is 4.25. The minimum atomic E-state index is -0.613. The third-order valence-electron chi connectivity index (χ3n) is 2.88. The van der Waals surface area contributed by atoms with Gasteiger partial charge in [-0.05, 0) is 12.1 Å². The fourth-order valence-electron chi connectivity index (χ4n) is 1.71. The zero-order valence-corrected chi connectivity index (χ0v) is 12.2. The van der Waals surface area contributed by atoms with Gasteiger partial charge in [-0.2, -0.15) is 0 Å². The number of nitrogens with two attached hydrogens (primary N) is 1. The van der Waals surface area contributed by atoms with Crippen molar-refractivity contribution >= 4 is 5.91 Å². The van der Waals surface area contributed by atoms with E-state index in [1.807, 2.05) is 0 Å². The highest BCUT2D eigenvalue weighted by Gasteiger charge is 2.03. The summed E-state index contributed by atoms with van der Waals surface area (Å²) < 4.78 is 0. The molecule has 0 saturated heterocycles.